The maximum atomic E-state index is 11.7. The summed E-state index contributed by atoms with van der Waals surface area (Å²) in [6.45, 7) is 0.423. The largest absolute Gasteiger partial charge is 0.385 e. The van der Waals surface area contributed by atoms with Gasteiger partial charge in [0.1, 0.15) is 5.82 Å². The first-order chi connectivity index (χ1) is 6.86. The summed E-state index contributed by atoms with van der Waals surface area (Å²) in [5.74, 6) is 0.233. The maximum absolute atomic E-state index is 11.7. The Kier molecular flexibility index (Phi) is 2.99. The van der Waals surface area contributed by atoms with Crippen LogP contribution in [0.4, 0.5) is 5.82 Å². The molecule has 0 aliphatic carbocycles. The summed E-state index contributed by atoms with van der Waals surface area (Å²) >= 11 is 0. The lowest BCUT2D eigenvalue weighted by Gasteiger charge is -2.14. The van der Waals surface area contributed by atoms with Crippen LogP contribution < -0.4 is 17.0 Å². The molecule has 6 nitrogen and oxygen atoms in total. The van der Waals surface area contributed by atoms with Crippen LogP contribution in [0, 0.1) is 0 Å². The molecule has 0 fully saturated rings. The summed E-state index contributed by atoms with van der Waals surface area (Å²) in [6, 6.07) is 0. The Balaban J connectivity index is 3.53. The Bertz CT molecular complexity index is 484. The first-order valence-electron chi connectivity index (χ1n) is 4.55. The van der Waals surface area contributed by atoms with Crippen molar-refractivity contribution in [1.82, 2.24) is 14.0 Å². The zero-order valence-electron chi connectivity index (χ0n) is 9.44. The van der Waals surface area contributed by atoms with Crippen LogP contribution in [0.3, 0.4) is 0 Å². The normalized spacial score (nSPS) is 11.0. The van der Waals surface area contributed by atoms with Crippen molar-refractivity contribution in [3.8, 4) is 0 Å². The number of hydrogen-bond acceptors (Lipinski definition) is 4. The fraction of sp³-hybridized carbons (Fsp3) is 0.556. The van der Waals surface area contributed by atoms with E-state index in [9.17, 15) is 9.59 Å². The Morgan fingerprint density at radius 3 is 2.20 bits per heavy atom. The second kappa shape index (κ2) is 3.90. The highest BCUT2D eigenvalue weighted by Gasteiger charge is 2.13. The molecule has 1 heterocycles. The summed E-state index contributed by atoms with van der Waals surface area (Å²) < 4.78 is 2.34. The van der Waals surface area contributed by atoms with Crippen LogP contribution in [0.1, 0.15) is 5.56 Å². The molecule has 0 aromatic carbocycles. The molecule has 0 amide bonds. The number of nitrogen functional groups attached to an aromatic ring is 1. The summed E-state index contributed by atoms with van der Waals surface area (Å²) in [6.07, 6.45) is 0. The van der Waals surface area contributed by atoms with E-state index in [0.717, 1.165) is 4.57 Å². The zero-order valence-corrected chi connectivity index (χ0v) is 9.44. The van der Waals surface area contributed by atoms with Crippen LogP contribution in [-0.4, -0.2) is 28.1 Å². The molecule has 0 aliphatic heterocycles. The lowest BCUT2D eigenvalue weighted by atomic mass is 10.3. The molecule has 1 rings (SSSR count). The molecular formula is C9H16N4O2. The molecule has 0 atom stereocenters. The van der Waals surface area contributed by atoms with E-state index in [2.05, 4.69) is 0 Å². The average molecular weight is 212 g/mol. The molecule has 0 bridgehead atoms. The van der Waals surface area contributed by atoms with Crippen LogP contribution in [0.25, 0.3) is 0 Å². The average Bonchev–Trinajstić information content (AvgIpc) is 2.18. The number of nitrogens with zero attached hydrogens (tertiary/aromatic N) is 3. The van der Waals surface area contributed by atoms with E-state index < -0.39 is 5.69 Å². The monoisotopic (exact) mass is 212 g/mol. The molecule has 0 unspecified atom stereocenters. The quantitative estimate of drug-likeness (QED) is 0.663. The summed E-state index contributed by atoms with van der Waals surface area (Å²) in [5.41, 5.74) is 5.44. The van der Waals surface area contributed by atoms with Gasteiger partial charge in [0.2, 0.25) is 0 Å². The van der Waals surface area contributed by atoms with Crippen LogP contribution >= 0.6 is 0 Å². The van der Waals surface area contributed by atoms with Crippen molar-refractivity contribution in [3.63, 3.8) is 0 Å². The van der Waals surface area contributed by atoms with Gasteiger partial charge in [0.15, 0.2) is 0 Å². The zero-order chi connectivity index (χ0) is 11.7. The molecule has 15 heavy (non-hydrogen) atoms. The van der Waals surface area contributed by atoms with Crippen molar-refractivity contribution in [2.24, 2.45) is 14.1 Å². The van der Waals surface area contributed by atoms with Gasteiger partial charge in [-0.2, -0.15) is 0 Å². The van der Waals surface area contributed by atoms with Gasteiger partial charge in [0, 0.05) is 20.6 Å². The van der Waals surface area contributed by atoms with Crippen molar-refractivity contribution in [2.75, 3.05) is 19.8 Å². The SMILES string of the molecule is CN(C)Cc1c(N)n(C)c(=O)n(C)c1=O. The van der Waals surface area contributed by atoms with Gasteiger partial charge in [-0.05, 0) is 14.1 Å². The van der Waals surface area contributed by atoms with Crippen LogP contribution in [0.15, 0.2) is 9.59 Å². The molecule has 1 aromatic heterocycles. The van der Waals surface area contributed by atoms with Crippen LogP contribution in [0.2, 0.25) is 0 Å². The molecule has 0 radical (unpaired) electrons. The maximum Gasteiger partial charge on any atom is 0.332 e. The number of anilines is 1. The van der Waals surface area contributed by atoms with Gasteiger partial charge < -0.3 is 10.6 Å². The first-order valence-corrected chi connectivity index (χ1v) is 4.55. The third kappa shape index (κ3) is 1.94. The predicted molar refractivity (Wildman–Crippen MR) is 58.7 cm³/mol. The highest BCUT2D eigenvalue weighted by Crippen LogP contribution is 2.04. The van der Waals surface area contributed by atoms with Gasteiger partial charge in [0.25, 0.3) is 5.56 Å². The predicted octanol–water partition coefficient (Wildman–Crippen LogP) is -1.27. The fourth-order valence-corrected chi connectivity index (χ4v) is 1.39. The fourth-order valence-electron chi connectivity index (χ4n) is 1.39. The van der Waals surface area contributed by atoms with Gasteiger partial charge in [-0.25, -0.2) is 4.79 Å². The molecular weight excluding hydrogens is 196 g/mol. The standard InChI is InChI=1S/C9H16N4O2/c1-11(2)5-6-7(10)12(3)9(15)13(4)8(6)14/h5,10H2,1-4H3. The van der Waals surface area contributed by atoms with E-state index in [0.29, 0.717) is 12.1 Å². The van der Waals surface area contributed by atoms with Crippen LogP contribution in [0.5, 0.6) is 0 Å². The van der Waals surface area contributed by atoms with E-state index in [1.807, 2.05) is 19.0 Å². The number of hydrogen-bond donors (Lipinski definition) is 1. The van der Waals surface area contributed by atoms with E-state index in [1.54, 1.807) is 7.05 Å². The van der Waals surface area contributed by atoms with Gasteiger partial charge in [-0.3, -0.25) is 13.9 Å². The minimum absolute atomic E-state index is 0.233. The van der Waals surface area contributed by atoms with Crippen LogP contribution in [-0.2, 0) is 20.6 Å². The lowest BCUT2D eigenvalue weighted by Crippen LogP contribution is -2.41. The molecule has 0 saturated carbocycles. The van der Waals surface area contributed by atoms with Crippen molar-refractivity contribution >= 4 is 5.82 Å². The van der Waals surface area contributed by atoms with E-state index in [4.69, 9.17) is 5.73 Å². The van der Waals surface area contributed by atoms with Crippen molar-refractivity contribution in [2.45, 2.75) is 6.54 Å². The Labute approximate surface area is 87.5 Å². The third-order valence-electron chi connectivity index (χ3n) is 2.28. The number of nitrogens with two attached hydrogens (primary N) is 1. The minimum atomic E-state index is -0.403. The smallest absolute Gasteiger partial charge is 0.332 e. The van der Waals surface area contributed by atoms with Crippen molar-refractivity contribution in [1.29, 1.82) is 0 Å². The van der Waals surface area contributed by atoms with Crippen molar-refractivity contribution in [3.05, 3.63) is 26.4 Å². The van der Waals surface area contributed by atoms with E-state index in [1.165, 1.54) is 11.6 Å². The van der Waals surface area contributed by atoms with Gasteiger partial charge >= 0.3 is 5.69 Å². The molecule has 1 aromatic rings. The Morgan fingerprint density at radius 1 is 1.20 bits per heavy atom. The number of rotatable bonds is 2. The van der Waals surface area contributed by atoms with Gasteiger partial charge in [0.05, 0.1) is 5.56 Å². The molecule has 0 aliphatic rings. The minimum Gasteiger partial charge on any atom is -0.385 e. The first kappa shape index (κ1) is 11.5. The van der Waals surface area contributed by atoms with E-state index >= 15 is 0 Å². The molecule has 2 N–H and O–H groups in total. The summed E-state index contributed by atoms with van der Waals surface area (Å²) in [4.78, 5) is 25.1. The molecule has 6 heteroatoms. The van der Waals surface area contributed by atoms with E-state index in [-0.39, 0.29) is 11.4 Å². The Morgan fingerprint density at radius 2 is 1.73 bits per heavy atom. The topological polar surface area (TPSA) is 73.3 Å². The second-order valence-electron chi connectivity index (χ2n) is 3.81. The molecule has 0 spiro atoms. The Hall–Kier alpha value is -1.56. The summed E-state index contributed by atoms with van der Waals surface area (Å²) in [7, 11) is 6.67. The molecule has 0 saturated heterocycles. The lowest BCUT2D eigenvalue weighted by molar-refractivity contribution is 0.397. The van der Waals surface area contributed by atoms with Crippen molar-refractivity contribution < 1.29 is 0 Å². The van der Waals surface area contributed by atoms with Gasteiger partial charge in [-0.1, -0.05) is 0 Å². The third-order valence-corrected chi connectivity index (χ3v) is 2.28. The summed E-state index contributed by atoms with van der Waals surface area (Å²) in [5, 5.41) is 0. The number of aromatic nitrogens is 2. The highest BCUT2D eigenvalue weighted by molar-refractivity contribution is 5.38. The second-order valence-corrected chi connectivity index (χ2v) is 3.81. The highest BCUT2D eigenvalue weighted by atomic mass is 16.2. The van der Waals surface area contributed by atoms with Gasteiger partial charge in [-0.15, -0.1) is 0 Å². The molecule has 84 valence electrons.